The van der Waals surface area contributed by atoms with Crippen LogP contribution in [0.4, 0.5) is 0 Å². The molecular formula is C25H25N3O4S. The van der Waals surface area contributed by atoms with E-state index in [0.29, 0.717) is 30.2 Å². The van der Waals surface area contributed by atoms with Crippen LogP contribution >= 0.6 is 11.8 Å². The van der Waals surface area contributed by atoms with Gasteiger partial charge in [-0.3, -0.25) is 4.79 Å². The van der Waals surface area contributed by atoms with Crippen molar-refractivity contribution >= 4 is 28.8 Å². The van der Waals surface area contributed by atoms with Crippen molar-refractivity contribution in [2.45, 2.75) is 26.4 Å². The molecule has 2 heterocycles. The lowest BCUT2D eigenvalue weighted by atomic mass is 9.95. The summed E-state index contributed by atoms with van der Waals surface area (Å²) >= 11 is 1.51. The van der Waals surface area contributed by atoms with E-state index in [9.17, 15) is 9.59 Å². The molecular weight excluding hydrogens is 438 g/mol. The average molecular weight is 464 g/mol. The molecule has 1 N–H and O–H groups in total. The van der Waals surface area contributed by atoms with Crippen LogP contribution in [0, 0.1) is 0 Å². The van der Waals surface area contributed by atoms with E-state index < -0.39 is 0 Å². The molecule has 7 nitrogen and oxygen atoms in total. The van der Waals surface area contributed by atoms with E-state index in [1.807, 2.05) is 65.9 Å². The number of carbonyl (C=O) groups excluding carboxylic acids is 2. The summed E-state index contributed by atoms with van der Waals surface area (Å²) in [5, 5.41) is 5.60. The Bertz CT molecular complexity index is 1110. The van der Waals surface area contributed by atoms with Crippen LogP contribution in [0.5, 0.6) is 5.75 Å². The van der Waals surface area contributed by atoms with Gasteiger partial charge in [-0.1, -0.05) is 54.2 Å². The van der Waals surface area contributed by atoms with Crippen LogP contribution in [0.25, 0.3) is 0 Å². The van der Waals surface area contributed by atoms with Crippen LogP contribution in [0.3, 0.4) is 0 Å². The molecule has 1 atom stereocenters. The Morgan fingerprint density at radius 1 is 1.12 bits per heavy atom. The van der Waals surface area contributed by atoms with Gasteiger partial charge in [0.2, 0.25) is 0 Å². The van der Waals surface area contributed by atoms with Gasteiger partial charge in [0.25, 0.3) is 5.91 Å². The van der Waals surface area contributed by atoms with E-state index >= 15 is 0 Å². The van der Waals surface area contributed by atoms with Crippen LogP contribution in [0.2, 0.25) is 0 Å². The fraction of sp³-hybridized carbons (Fsp3) is 0.240. The number of nitrogens with one attached hydrogen (secondary N) is 1. The largest absolute Gasteiger partial charge is 0.484 e. The molecule has 0 aliphatic carbocycles. The van der Waals surface area contributed by atoms with Gasteiger partial charge < -0.3 is 19.7 Å². The summed E-state index contributed by atoms with van der Waals surface area (Å²) in [4.78, 5) is 31.4. The normalized spacial score (nSPS) is 16.8. The van der Waals surface area contributed by atoms with Crippen molar-refractivity contribution in [1.29, 1.82) is 0 Å². The van der Waals surface area contributed by atoms with Crippen LogP contribution < -0.4 is 10.1 Å². The number of thioether (sulfide) groups is 1. The Labute approximate surface area is 197 Å². The Kier molecular flexibility index (Phi) is 7.14. The molecule has 2 aromatic rings. The van der Waals surface area contributed by atoms with Crippen LogP contribution in [0.1, 0.15) is 31.0 Å². The lowest BCUT2D eigenvalue weighted by Gasteiger charge is -2.33. The van der Waals surface area contributed by atoms with Gasteiger partial charge in [-0.05, 0) is 42.5 Å². The third-order valence-corrected chi connectivity index (χ3v) is 5.98. The number of hydrogen-bond donors (Lipinski definition) is 1. The summed E-state index contributed by atoms with van der Waals surface area (Å²) in [5.41, 5.74) is 3.09. The number of amides is 1. The van der Waals surface area contributed by atoms with Gasteiger partial charge in [0.05, 0.1) is 23.9 Å². The Balaban J connectivity index is 1.43. The molecule has 170 valence electrons. The quantitative estimate of drug-likeness (QED) is 0.593. The maximum Gasteiger partial charge on any atom is 0.338 e. The monoisotopic (exact) mass is 463 g/mol. The van der Waals surface area contributed by atoms with Crippen LogP contribution in [0.15, 0.2) is 82.5 Å². The van der Waals surface area contributed by atoms with E-state index in [1.54, 1.807) is 19.1 Å². The van der Waals surface area contributed by atoms with Gasteiger partial charge in [-0.15, -0.1) is 0 Å². The molecule has 0 fully saturated rings. The van der Waals surface area contributed by atoms with Crippen molar-refractivity contribution in [1.82, 2.24) is 10.2 Å². The maximum atomic E-state index is 12.7. The van der Waals surface area contributed by atoms with Crippen molar-refractivity contribution in [3.8, 4) is 5.75 Å². The third kappa shape index (κ3) is 5.28. The summed E-state index contributed by atoms with van der Waals surface area (Å²) in [5.74, 6) is 0.00463. The molecule has 0 radical (unpaired) electrons. The number of esters is 1. The van der Waals surface area contributed by atoms with Gasteiger partial charge in [-0.2, -0.15) is 0 Å². The molecule has 0 aromatic heterocycles. The molecule has 0 saturated heterocycles. The van der Waals surface area contributed by atoms with Crippen molar-refractivity contribution in [3.05, 3.63) is 88.6 Å². The highest BCUT2D eigenvalue weighted by Crippen LogP contribution is 2.41. The van der Waals surface area contributed by atoms with E-state index in [2.05, 4.69) is 10.3 Å². The average Bonchev–Trinajstić information content (AvgIpc) is 3.29. The summed E-state index contributed by atoms with van der Waals surface area (Å²) in [7, 11) is 0. The van der Waals surface area contributed by atoms with E-state index in [0.717, 1.165) is 16.3 Å². The smallest absolute Gasteiger partial charge is 0.338 e. The van der Waals surface area contributed by atoms with E-state index in [1.165, 1.54) is 11.8 Å². The molecule has 0 spiro atoms. The highest BCUT2D eigenvalue weighted by molar-refractivity contribution is 8.16. The molecule has 33 heavy (non-hydrogen) atoms. The number of ether oxygens (including phenoxy) is 2. The van der Waals surface area contributed by atoms with Gasteiger partial charge in [0.1, 0.15) is 5.75 Å². The lowest BCUT2D eigenvalue weighted by Crippen LogP contribution is -2.34. The van der Waals surface area contributed by atoms with E-state index in [-0.39, 0.29) is 24.5 Å². The van der Waals surface area contributed by atoms with Gasteiger partial charge in [0, 0.05) is 12.7 Å². The van der Waals surface area contributed by atoms with Crippen LogP contribution in [-0.2, 0) is 20.9 Å². The van der Waals surface area contributed by atoms with Crippen molar-refractivity contribution in [2.24, 2.45) is 4.99 Å². The predicted molar refractivity (Wildman–Crippen MR) is 128 cm³/mol. The molecule has 8 heteroatoms. The second-order valence-electron chi connectivity index (χ2n) is 7.45. The number of hydrogen-bond acceptors (Lipinski definition) is 7. The summed E-state index contributed by atoms with van der Waals surface area (Å²) in [6.07, 6.45) is 1.92. The molecule has 2 aliphatic rings. The topological polar surface area (TPSA) is 80.2 Å². The number of fused-ring (bicyclic) bond motifs is 1. The standard InChI is InChI=1S/C25H25N3O4S/c1-3-31-24(30)22-17(2)27-25-28(13-14-33-25)23(22)19-9-11-20(12-10-19)32-16-21(29)26-15-18-7-5-4-6-8-18/h4-14,23H,3,15-16H2,1-2H3,(H,26,29)/t23-/m1/s1. The van der Waals surface area contributed by atoms with Gasteiger partial charge >= 0.3 is 5.97 Å². The minimum atomic E-state index is -0.372. The SMILES string of the molecule is CCOC(=O)C1=C(C)N=C2SC=CN2[C@@H]1c1ccc(OCC(=O)NCc2ccccc2)cc1. The fourth-order valence-corrected chi connectivity index (χ4v) is 4.43. The number of carbonyl (C=O) groups is 2. The Morgan fingerprint density at radius 2 is 1.88 bits per heavy atom. The maximum absolute atomic E-state index is 12.7. The molecule has 2 aromatic carbocycles. The fourth-order valence-electron chi connectivity index (χ4n) is 3.64. The Morgan fingerprint density at radius 3 is 2.61 bits per heavy atom. The summed E-state index contributed by atoms with van der Waals surface area (Å²) in [6, 6.07) is 16.8. The van der Waals surface area contributed by atoms with E-state index in [4.69, 9.17) is 9.47 Å². The second kappa shape index (κ2) is 10.4. The molecule has 0 unspecified atom stereocenters. The number of rotatable bonds is 8. The first kappa shape index (κ1) is 22.7. The first-order valence-electron chi connectivity index (χ1n) is 10.7. The lowest BCUT2D eigenvalue weighted by molar-refractivity contribution is -0.139. The molecule has 1 amide bonds. The highest BCUT2D eigenvalue weighted by atomic mass is 32.2. The molecule has 2 aliphatic heterocycles. The van der Waals surface area contributed by atoms with Gasteiger partial charge in [-0.25, -0.2) is 9.79 Å². The number of amidine groups is 1. The molecule has 4 rings (SSSR count). The summed E-state index contributed by atoms with van der Waals surface area (Å²) < 4.78 is 11.0. The zero-order valence-corrected chi connectivity index (χ0v) is 19.3. The van der Waals surface area contributed by atoms with Crippen molar-refractivity contribution in [2.75, 3.05) is 13.2 Å². The zero-order valence-electron chi connectivity index (χ0n) is 18.5. The third-order valence-electron chi connectivity index (χ3n) is 5.21. The minimum Gasteiger partial charge on any atom is -0.484 e. The van der Waals surface area contributed by atoms with Crippen LogP contribution in [-0.4, -0.2) is 35.2 Å². The second-order valence-corrected chi connectivity index (χ2v) is 8.32. The summed E-state index contributed by atoms with van der Waals surface area (Å²) in [6.45, 7) is 4.28. The highest BCUT2D eigenvalue weighted by Gasteiger charge is 2.37. The minimum absolute atomic E-state index is 0.0784. The molecule has 0 bridgehead atoms. The first-order chi connectivity index (χ1) is 16.1. The van der Waals surface area contributed by atoms with Gasteiger partial charge in [0.15, 0.2) is 11.8 Å². The van der Waals surface area contributed by atoms with Crippen molar-refractivity contribution in [3.63, 3.8) is 0 Å². The number of benzene rings is 2. The number of allylic oxidation sites excluding steroid dienone is 1. The predicted octanol–water partition coefficient (Wildman–Crippen LogP) is 4.15. The first-order valence-corrected chi connectivity index (χ1v) is 11.6. The zero-order chi connectivity index (χ0) is 23.2. The van der Waals surface area contributed by atoms with Crippen molar-refractivity contribution < 1.29 is 19.1 Å². The number of aliphatic imine (C=N–C) groups is 1. The molecule has 0 saturated carbocycles. The Hall–Kier alpha value is -3.52. The number of nitrogens with zero attached hydrogens (tertiary/aromatic N) is 2.